The minimum atomic E-state index is -2.45. The molecule has 0 aliphatic heterocycles. The van der Waals surface area contributed by atoms with Gasteiger partial charge in [0.15, 0.2) is 0 Å². The first-order chi connectivity index (χ1) is 9.09. The lowest BCUT2D eigenvalue weighted by atomic mass is 10.1. The van der Waals surface area contributed by atoms with Gasteiger partial charge in [0, 0.05) is 25.9 Å². The second-order valence-corrected chi connectivity index (χ2v) is 7.22. The molecule has 0 saturated heterocycles. The molecule has 1 unspecified atom stereocenters. The van der Waals surface area contributed by atoms with Crippen LogP contribution in [0, 0.1) is 0 Å². The second kappa shape index (κ2) is 8.48. The first kappa shape index (κ1) is 16.4. The van der Waals surface area contributed by atoms with Crippen molar-refractivity contribution in [2.24, 2.45) is 0 Å². The molecule has 0 bridgehead atoms. The van der Waals surface area contributed by atoms with Crippen LogP contribution in [-0.4, -0.2) is 28.1 Å². The molecule has 3 nitrogen and oxygen atoms in total. The van der Waals surface area contributed by atoms with Crippen LogP contribution >= 0.6 is 0 Å². The summed E-state index contributed by atoms with van der Waals surface area (Å²) in [5.41, 5.74) is 1.34. The Balaban J connectivity index is 2.42. The Hall–Kier alpha value is -0.683. The normalized spacial score (nSPS) is 13.5. The smallest absolute Gasteiger partial charge is 0.374 e. The zero-order chi connectivity index (χ0) is 14.1. The average Bonchev–Trinajstić information content (AvgIpc) is 2.38. The van der Waals surface area contributed by atoms with Crippen LogP contribution in [0.1, 0.15) is 32.8 Å². The molecule has 108 valence electrons. The molecule has 1 rings (SSSR count). The molecule has 0 heterocycles. The highest BCUT2D eigenvalue weighted by atomic mass is 28.4. The van der Waals surface area contributed by atoms with Gasteiger partial charge in [-0.25, -0.2) is 0 Å². The van der Waals surface area contributed by atoms with Gasteiger partial charge in [-0.3, -0.25) is 0 Å². The summed E-state index contributed by atoms with van der Waals surface area (Å²) in [4.78, 5) is 0. The highest BCUT2D eigenvalue weighted by Crippen LogP contribution is 2.15. The van der Waals surface area contributed by atoms with E-state index in [0.29, 0.717) is 13.2 Å². The fourth-order valence-electron chi connectivity index (χ4n) is 2.07. The fraction of sp³-hybridized carbons (Fsp3) is 0.600. The summed E-state index contributed by atoms with van der Waals surface area (Å²) >= 11 is 0. The van der Waals surface area contributed by atoms with Crippen molar-refractivity contribution >= 4 is 8.80 Å². The van der Waals surface area contributed by atoms with Gasteiger partial charge in [-0.05, 0) is 39.2 Å². The molecular weight excluding hydrogens is 256 g/mol. The van der Waals surface area contributed by atoms with Crippen LogP contribution in [0.25, 0.3) is 0 Å². The first-order valence-corrected chi connectivity index (χ1v) is 9.31. The van der Waals surface area contributed by atoms with E-state index >= 15 is 0 Å². The monoisotopic (exact) mass is 282 g/mol. The zero-order valence-electron chi connectivity index (χ0n) is 12.5. The minimum Gasteiger partial charge on any atom is -0.374 e. The molecule has 0 saturated carbocycles. The third-order valence-electron chi connectivity index (χ3n) is 2.91. The van der Waals surface area contributed by atoms with Crippen molar-refractivity contribution in [2.75, 3.05) is 13.2 Å². The van der Waals surface area contributed by atoms with Crippen LogP contribution in [-0.2, 0) is 19.7 Å². The molecule has 0 aliphatic rings. The summed E-state index contributed by atoms with van der Waals surface area (Å²) in [5.74, 6) is 0. The van der Waals surface area contributed by atoms with Crippen molar-refractivity contribution in [1.82, 2.24) is 0 Å². The van der Waals surface area contributed by atoms with E-state index in [1.807, 2.05) is 26.5 Å². The Kier molecular flexibility index (Phi) is 7.31. The first-order valence-electron chi connectivity index (χ1n) is 7.09. The van der Waals surface area contributed by atoms with E-state index in [0.717, 1.165) is 12.8 Å². The van der Waals surface area contributed by atoms with Crippen molar-refractivity contribution < 1.29 is 13.3 Å². The number of hydrogen-bond acceptors (Lipinski definition) is 3. The summed E-state index contributed by atoms with van der Waals surface area (Å²) in [6.45, 7) is 9.28. The van der Waals surface area contributed by atoms with Crippen LogP contribution in [0.4, 0.5) is 0 Å². The predicted molar refractivity (Wildman–Crippen MR) is 80.2 cm³/mol. The molecule has 0 spiro atoms. The maximum absolute atomic E-state index is 6.03. The summed E-state index contributed by atoms with van der Waals surface area (Å²) in [5, 5.41) is 0. The molecular formula is C15H26O3Si. The molecule has 0 amide bonds. The summed E-state index contributed by atoms with van der Waals surface area (Å²) in [6.07, 6.45) is 2.15. The van der Waals surface area contributed by atoms with Crippen molar-refractivity contribution in [3.63, 3.8) is 0 Å². The average molecular weight is 282 g/mol. The highest BCUT2D eigenvalue weighted by molar-refractivity contribution is 6.59. The highest BCUT2D eigenvalue weighted by Gasteiger charge is 2.35. The fourth-order valence-corrected chi connectivity index (χ4v) is 4.19. The van der Waals surface area contributed by atoms with Crippen molar-refractivity contribution in [3.8, 4) is 0 Å². The van der Waals surface area contributed by atoms with Crippen LogP contribution in [0.3, 0.4) is 0 Å². The molecule has 0 aromatic heterocycles. The van der Waals surface area contributed by atoms with Gasteiger partial charge in [0.1, 0.15) is 0 Å². The Morgan fingerprint density at radius 3 is 2.16 bits per heavy atom. The van der Waals surface area contributed by atoms with E-state index in [1.165, 1.54) is 5.56 Å². The van der Waals surface area contributed by atoms with E-state index < -0.39 is 8.80 Å². The van der Waals surface area contributed by atoms with Crippen LogP contribution in [0.2, 0.25) is 6.55 Å². The Bertz CT molecular complexity index is 337. The number of rotatable bonds is 9. The topological polar surface area (TPSA) is 27.7 Å². The van der Waals surface area contributed by atoms with Gasteiger partial charge < -0.3 is 13.3 Å². The number of hydrogen-bond donors (Lipinski definition) is 0. The van der Waals surface area contributed by atoms with E-state index in [4.69, 9.17) is 13.3 Å². The molecule has 0 N–H and O–H groups in total. The minimum absolute atomic E-state index is 0.148. The Morgan fingerprint density at radius 1 is 1.05 bits per heavy atom. The number of benzene rings is 1. The third-order valence-corrected chi connectivity index (χ3v) is 5.37. The van der Waals surface area contributed by atoms with Crippen molar-refractivity contribution in [3.05, 3.63) is 35.9 Å². The molecule has 0 aliphatic carbocycles. The second-order valence-electron chi connectivity index (χ2n) is 4.68. The zero-order valence-corrected chi connectivity index (χ0v) is 13.5. The maximum Gasteiger partial charge on any atom is 0.497 e. The lowest BCUT2D eigenvalue weighted by molar-refractivity contribution is 0.0417. The Morgan fingerprint density at radius 2 is 1.63 bits per heavy atom. The van der Waals surface area contributed by atoms with Gasteiger partial charge in [-0.15, -0.1) is 0 Å². The van der Waals surface area contributed by atoms with E-state index in [2.05, 4.69) is 31.2 Å². The molecule has 4 heteroatoms. The van der Waals surface area contributed by atoms with Gasteiger partial charge in [0.25, 0.3) is 0 Å². The molecule has 1 aromatic rings. The summed E-state index contributed by atoms with van der Waals surface area (Å²) < 4.78 is 17.4. The van der Waals surface area contributed by atoms with Crippen molar-refractivity contribution in [2.45, 2.75) is 46.3 Å². The Labute approximate surface area is 118 Å². The van der Waals surface area contributed by atoms with E-state index in [-0.39, 0.29) is 6.10 Å². The van der Waals surface area contributed by atoms with Gasteiger partial charge in [0.2, 0.25) is 0 Å². The summed E-state index contributed by atoms with van der Waals surface area (Å²) in [6, 6.07) is 10.5. The molecule has 1 aromatic carbocycles. The SMILES string of the molecule is CCO[Si](C)(OCC)OC(C)CCc1ccccc1. The lowest BCUT2D eigenvalue weighted by Crippen LogP contribution is -2.45. The largest absolute Gasteiger partial charge is 0.497 e. The molecule has 1 atom stereocenters. The summed E-state index contributed by atoms with van der Waals surface area (Å²) in [7, 11) is -2.45. The van der Waals surface area contributed by atoms with Crippen molar-refractivity contribution in [1.29, 1.82) is 0 Å². The maximum atomic E-state index is 6.03. The molecule has 0 radical (unpaired) electrons. The number of aryl methyl sites for hydroxylation is 1. The van der Waals surface area contributed by atoms with Crippen LogP contribution in [0.5, 0.6) is 0 Å². The quantitative estimate of drug-likeness (QED) is 0.647. The van der Waals surface area contributed by atoms with E-state index in [1.54, 1.807) is 0 Å². The van der Waals surface area contributed by atoms with Gasteiger partial charge in [-0.2, -0.15) is 0 Å². The van der Waals surface area contributed by atoms with Gasteiger partial charge in [-0.1, -0.05) is 30.3 Å². The predicted octanol–water partition coefficient (Wildman–Crippen LogP) is 3.67. The standard InChI is InChI=1S/C15H26O3Si/c1-5-16-19(4,17-6-2)18-14(3)12-13-15-10-8-7-9-11-15/h7-11,14H,5-6,12-13H2,1-4H3. The third kappa shape index (κ3) is 6.34. The van der Waals surface area contributed by atoms with Crippen LogP contribution in [0.15, 0.2) is 30.3 Å². The molecule has 0 fully saturated rings. The lowest BCUT2D eigenvalue weighted by Gasteiger charge is -2.28. The van der Waals surface area contributed by atoms with Crippen LogP contribution < -0.4 is 0 Å². The van der Waals surface area contributed by atoms with Gasteiger partial charge in [0.05, 0.1) is 0 Å². The molecule has 19 heavy (non-hydrogen) atoms. The van der Waals surface area contributed by atoms with Gasteiger partial charge >= 0.3 is 8.80 Å². The van der Waals surface area contributed by atoms with E-state index in [9.17, 15) is 0 Å².